The van der Waals surface area contributed by atoms with Crippen LogP contribution >= 0.6 is 0 Å². The summed E-state index contributed by atoms with van der Waals surface area (Å²) in [5, 5.41) is 0. The largest absolute Gasteiger partial charge is 0.465 e. The van der Waals surface area contributed by atoms with Crippen LogP contribution in [-0.2, 0) is 23.8 Å². The Morgan fingerprint density at radius 1 is 1.10 bits per heavy atom. The van der Waals surface area contributed by atoms with Gasteiger partial charge in [-0.3, -0.25) is 9.59 Å². The summed E-state index contributed by atoms with van der Waals surface area (Å²) in [4.78, 5) is 23.6. The van der Waals surface area contributed by atoms with Crippen molar-refractivity contribution in [1.29, 1.82) is 0 Å². The fraction of sp³-hybridized carbons (Fsp3) is 0.833. The Bertz CT molecular complexity index is 689. The third-order valence-electron chi connectivity index (χ3n) is 8.19. The number of fused-ring (bicyclic) bond motifs is 3. The van der Waals surface area contributed by atoms with E-state index in [0.29, 0.717) is 18.9 Å². The number of hydrogen-bond donors (Lipinski definition) is 0. The van der Waals surface area contributed by atoms with Gasteiger partial charge in [-0.1, -0.05) is 26.3 Å². The lowest BCUT2D eigenvalue weighted by Crippen LogP contribution is -2.68. The number of hydrogen-bond acceptors (Lipinski definition) is 5. The second-order valence-electron chi connectivity index (χ2n) is 10.6. The van der Waals surface area contributed by atoms with Crippen molar-refractivity contribution in [2.24, 2.45) is 22.7 Å². The highest BCUT2D eigenvalue weighted by Gasteiger charge is 2.66. The van der Waals surface area contributed by atoms with Crippen molar-refractivity contribution in [3.63, 3.8) is 0 Å². The number of esters is 2. The van der Waals surface area contributed by atoms with Gasteiger partial charge in [-0.25, -0.2) is 0 Å². The maximum atomic E-state index is 12.1. The van der Waals surface area contributed by atoms with Crippen molar-refractivity contribution in [2.45, 2.75) is 97.4 Å². The van der Waals surface area contributed by atoms with E-state index < -0.39 is 0 Å². The van der Waals surface area contributed by atoms with Gasteiger partial charge in [0, 0.05) is 31.6 Å². The smallest absolute Gasteiger partial charge is 0.302 e. The zero-order valence-electron chi connectivity index (χ0n) is 19.0. The summed E-state index contributed by atoms with van der Waals surface area (Å²) in [6, 6.07) is 0. The molecule has 0 radical (unpaired) electrons. The molecule has 0 aromatic carbocycles. The standard InChI is InChI=1S/C24H38O5/c1-8-22(5)13-10-19-23(6)12-9-11-21(4,15-27-16(2)25)20(23)18(28-17(3)26)14-24(19,7)29-22/h8,18-20H,1,9-15H2,2-7H3/t18-,19+,20-,21-,22+,23+,24+/m1/s1. The van der Waals surface area contributed by atoms with E-state index in [1.54, 1.807) is 0 Å². The Kier molecular flexibility index (Phi) is 5.70. The molecule has 3 rings (SSSR count). The summed E-state index contributed by atoms with van der Waals surface area (Å²) in [6.45, 7) is 16.1. The van der Waals surface area contributed by atoms with E-state index in [1.807, 2.05) is 6.08 Å². The first-order valence-corrected chi connectivity index (χ1v) is 11.0. The molecule has 164 valence electrons. The van der Waals surface area contributed by atoms with Crippen LogP contribution in [-0.4, -0.2) is 35.9 Å². The average Bonchev–Trinajstić information content (AvgIpc) is 2.58. The molecule has 2 saturated carbocycles. The van der Waals surface area contributed by atoms with Crippen molar-refractivity contribution in [3.8, 4) is 0 Å². The monoisotopic (exact) mass is 406 g/mol. The summed E-state index contributed by atoms with van der Waals surface area (Å²) >= 11 is 0. The van der Waals surface area contributed by atoms with Crippen molar-refractivity contribution in [3.05, 3.63) is 12.7 Å². The Morgan fingerprint density at radius 2 is 1.79 bits per heavy atom. The Morgan fingerprint density at radius 3 is 2.38 bits per heavy atom. The van der Waals surface area contributed by atoms with Crippen molar-refractivity contribution in [2.75, 3.05) is 6.61 Å². The van der Waals surface area contributed by atoms with Gasteiger partial charge in [-0.05, 0) is 50.9 Å². The van der Waals surface area contributed by atoms with E-state index in [4.69, 9.17) is 14.2 Å². The first kappa shape index (κ1) is 22.3. The molecule has 3 aliphatic rings. The summed E-state index contributed by atoms with van der Waals surface area (Å²) in [7, 11) is 0. The van der Waals surface area contributed by atoms with Crippen LogP contribution in [0.3, 0.4) is 0 Å². The molecule has 5 heteroatoms. The highest BCUT2D eigenvalue weighted by Crippen LogP contribution is 2.66. The lowest BCUT2D eigenvalue weighted by molar-refractivity contribution is -0.284. The van der Waals surface area contributed by atoms with Gasteiger partial charge >= 0.3 is 11.9 Å². The zero-order valence-corrected chi connectivity index (χ0v) is 19.0. The lowest BCUT2D eigenvalue weighted by atomic mass is 9.43. The van der Waals surface area contributed by atoms with Crippen LogP contribution in [0.15, 0.2) is 12.7 Å². The Balaban J connectivity index is 2.03. The summed E-state index contributed by atoms with van der Waals surface area (Å²) < 4.78 is 18.2. The average molecular weight is 407 g/mol. The molecule has 29 heavy (non-hydrogen) atoms. The van der Waals surface area contributed by atoms with Crippen molar-refractivity contribution < 1.29 is 23.8 Å². The van der Waals surface area contributed by atoms with Gasteiger partial charge in [0.1, 0.15) is 6.10 Å². The first-order valence-electron chi connectivity index (χ1n) is 11.0. The molecule has 0 spiro atoms. The molecule has 7 atom stereocenters. The summed E-state index contributed by atoms with van der Waals surface area (Å²) in [6.07, 6.45) is 7.42. The van der Waals surface area contributed by atoms with Gasteiger partial charge in [-0.15, -0.1) is 6.58 Å². The van der Waals surface area contributed by atoms with Crippen LogP contribution in [0, 0.1) is 22.7 Å². The molecule has 0 N–H and O–H groups in total. The summed E-state index contributed by atoms with van der Waals surface area (Å²) in [5.74, 6) is -0.0356. The number of carbonyl (C=O) groups is 2. The summed E-state index contributed by atoms with van der Waals surface area (Å²) in [5.41, 5.74) is -1.01. The lowest BCUT2D eigenvalue weighted by Gasteiger charge is -2.66. The predicted molar refractivity (Wildman–Crippen MR) is 111 cm³/mol. The van der Waals surface area contributed by atoms with E-state index >= 15 is 0 Å². The number of rotatable bonds is 4. The SMILES string of the molecule is C=C[C@@]1(C)CC[C@H]2[C@]3(C)CCC[C@](C)(COC(C)=O)[C@H]3[C@H](OC(C)=O)C[C@]2(C)O1. The minimum Gasteiger partial charge on any atom is -0.465 e. The topological polar surface area (TPSA) is 61.8 Å². The van der Waals surface area contributed by atoms with Gasteiger partial charge in [0.25, 0.3) is 0 Å². The van der Waals surface area contributed by atoms with Gasteiger partial charge in [0.2, 0.25) is 0 Å². The molecule has 0 aromatic rings. The van der Waals surface area contributed by atoms with Crippen LogP contribution in [0.25, 0.3) is 0 Å². The van der Waals surface area contributed by atoms with E-state index in [0.717, 1.165) is 32.1 Å². The number of ether oxygens (including phenoxy) is 3. The van der Waals surface area contributed by atoms with Gasteiger partial charge in [-0.2, -0.15) is 0 Å². The normalized spacial score (nSPS) is 46.8. The van der Waals surface area contributed by atoms with Gasteiger partial charge < -0.3 is 14.2 Å². The fourth-order valence-corrected chi connectivity index (χ4v) is 7.26. The van der Waals surface area contributed by atoms with Gasteiger partial charge in [0.15, 0.2) is 0 Å². The Hall–Kier alpha value is -1.36. The van der Waals surface area contributed by atoms with Crippen LogP contribution in [0.4, 0.5) is 0 Å². The van der Waals surface area contributed by atoms with Crippen LogP contribution in [0.1, 0.15) is 80.1 Å². The maximum absolute atomic E-state index is 12.1. The first-order chi connectivity index (χ1) is 13.4. The van der Waals surface area contributed by atoms with E-state index in [-0.39, 0.29) is 46.0 Å². The highest BCUT2D eigenvalue weighted by atomic mass is 16.6. The van der Waals surface area contributed by atoms with Gasteiger partial charge in [0.05, 0.1) is 17.8 Å². The number of carbonyl (C=O) groups excluding carboxylic acids is 2. The second kappa shape index (κ2) is 7.40. The molecule has 0 unspecified atom stereocenters. The van der Waals surface area contributed by atoms with Crippen molar-refractivity contribution >= 4 is 11.9 Å². The minimum absolute atomic E-state index is 0.0528. The molecule has 1 saturated heterocycles. The fourth-order valence-electron chi connectivity index (χ4n) is 7.26. The third-order valence-corrected chi connectivity index (χ3v) is 8.19. The van der Waals surface area contributed by atoms with Crippen molar-refractivity contribution in [1.82, 2.24) is 0 Å². The third kappa shape index (κ3) is 3.87. The van der Waals surface area contributed by atoms with Crippen LogP contribution in [0.2, 0.25) is 0 Å². The molecule has 0 aromatic heterocycles. The molecule has 5 nitrogen and oxygen atoms in total. The predicted octanol–water partition coefficient (Wildman–Crippen LogP) is 4.83. The molecular formula is C24H38O5. The molecule has 2 aliphatic carbocycles. The molecule has 0 bridgehead atoms. The maximum Gasteiger partial charge on any atom is 0.302 e. The quantitative estimate of drug-likeness (QED) is 0.494. The minimum atomic E-state index is -0.383. The Labute approximate surface area is 175 Å². The second-order valence-corrected chi connectivity index (χ2v) is 10.6. The molecule has 3 fully saturated rings. The van der Waals surface area contributed by atoms with E-state index in [9.17, 15) is 9.59 Å². The molecule has 0 amide bonds. The molecule has 1 aliphatic heterocycles. The van der Waals surface area contributed by atoms with E-state index in [1.165, 1.54) is 13.8 Å². The van der Waals surface area contributed by atoms with Crippen LogP contribution < -0.4 is 0 Å². The molecular weight excluding hydrogens is 368 g/mol. The highest BCUT2D eigenvalue weighted by molar-refractivity contribution is 5.66. The zero-order chi connectivity index (χ0) is 21.7. The van der Waals surface area contributed by atoms with Crippen LogP contribution in [0.5, 0.6) is 0 Å². The molecule has 1 heterocycles. The van der Waals surface area contributed by atoms with E-state index in [2.05, 4.69) is 34.3 Å².